The molecule has 0 aliphatic rings. The third-order valence-electron chi connectivity index (χ3n) is 3.41. The maximum absolute atomic E-state index is 11.5. The number of rotatable bonds is 10. The number of nitrogens with one attached hydrogen (secondary N) is 1. The van der Waals surface area contributed by atoms with Crippen LogP contribution in [0.3, 0.4) is 0 Å². The van der Waals surface area contributed by atoms with Gasteiger partial charge in [-0.25, -0.2) is 12.7 Å². The molecule has 1 aromatic carbocycles. The average Bonchev–Trinajstić information content (AvgIpc) is 2.48. The van der Waals surface area contributed by atoms with Crippen LogP contribution in [0.15, 0.2) is 12.1 Å². The molecule has 0 heterocycles. The van der Waals surface area contributed by atoms with Crippen molar-refractivity contribution in [3.8, 4) is 11.5 Å². The number of halogens is 1. The second kappa shape index (κ2) is 9.32. The van der Waals surface area contributed by atoms with Gasteiger partial charge in [0.1, 0.15) is 0 Å². The molecule has 0 aromatic heterocycles. The zero-order chi connectivity index (χ0) is 17.5. The van der Waals surface area contributed by atoms with E-state index in [-0.39, 0.29) is 0 Å². The van der Waals surface area contributed by atoms with Gasteiger partial charge < -0.3 is 14.8 Å². The molecule has 0 aliphatic heterocycles. The van der Waals surface area contributed by atoms with Crippen LogP contribution in [0.5, 0.6) is 11.5 Å². The van der Waals surface area contributed by atoms with E-state index in [9.17, 15) is 8.42 Å². The second-order valence-corrected chi connectivity index (χ2v) is 7.49. The van der Waals surface area contributed by atoms with Gasteiger partial charge in [-0.05, 0) is 30.7 Å². The molecule has 0 saturated carbocycles. The molecule has 1 rings (SSSR count). The Labute approximate surface area is 143 Å². The molecule has 0 unspecified atom stereocenters. The van der Waals surface area contributed by atoms with Gasteiger partial charge in [0.15, 0.2) is 11.5 Å². The summed E-state index contributed by atoms with van der Waals surface area (Å²) in [5.41, 5.74) is 0.975. The molecule has 8 heteroatoms. The van der Waals surface area contributed by atoms with E-state index >= 15 is 0 Å². The highest BCUT2D eigenvalue weighted by atomic mass is 35.5. The van der Waals surface area contributed by atoms with Crippen LogP contribution >= 0.6 is 11.6 Å². The van der Waals surface area contributed by atoms with Crippen molar-refractivity contribution in [2.45, 2.75) is 19.9 Å². The van der Waals surface area contributed by atoms with Crippen molar-refractivity contribution in [2.24, 2.45) is 0 Å². The summed E-state index contributed by atoms with van der Waals surface area (Å²) in [5.74, 6) is 1.11. The highest BCUT2D eigenvalue weighted by molar-refractivity contribution is 7.88. The standard InChI is InChI=1S/C15H25ClN2O4S/c1-5-18(23(4,19)20)8-6-7-17-11-12-9-13(16)15(22-3)14(10-12)21-2/h9-10,17H,5-8,11H2,1-4H3. The summed E-state index contributed by atoms with van der Waals surface area (Å²) in [6, 6.07) is 3.69. The van der Waals surface area contributed by atoms with Crippen LogP contribution in [-0.2, 0) is 16.6 Å². The van der Waals surface area contributed by atoms with Crippen molar-refractivity contribution in [2.75, 3.05) is 40.1 Å². The monoisotopic (exact) mass is 364 g/mol. The molecular formula is C15H25ClN2O4S. The Hall–Kier alpha value is -1.02. The minimum Gasteiger partial charge on any atom is -0.493 e. The fourth-order valence-electron chi connectivity index (χ4n) is 2.24. The lowest BCUT2D eigenvalue weighted by molar-refractivity contribution is 0.354. The van der Waals surface area contributed by atoms with E-state index in [0.29, 0.717) is 42.7 Å². The van der Waals surface area contributed by atoms with Crippen LogP contribution in [0.2, 0.25) is 5.02 Å². The van der Waals surface area contributed by atoms with E-state index in [4.69, 9.17) is 21.1 Å². The number of nitrogens with zero attached hydrogens (tertiary/aromatic N) is 1. The largest absolute Gasteiger partial charge is 0.493 e. The molecule has 132 valence electrons. The molecule has 0 fully saturated rings. The summed E-state index contributed by atoms with van der Waals surface area (Å²) in [6.07, 6.45) is 1.97. The van der Waals surface area contributed by atoms with E-state index in [2.05, 4.69) is 5.32 Å². The minimum atomic E-state index is -3.12. The molecule has 1 N–H and O–H groups in total. The second-order valence-electron chi connectivity index (χ2n) is 5.10. The summed E-state index contributed by atoms with van der Waals surface area (Å²) in [6.45, 7) is 4.16. The molecule has 0 saturated heterocycles. The van der Waals surface area contributed by atoms with Crippen LogP contribution in [0, 0.1) is 0 Å². The van der Waals surface area contributed by atoms with Crippen LogP contribution < -0.4 is 14.8 Å². The Morgan fingerprint density at radius 3 is 2.48 bits per heavy atom. The number of ether oxygens (including phenoxy) is 2. The van der Waals surface area contributed by atoms with Crippen molar-refractivity contribution in [1.82, 2.24) is 9.62 Å². The highest BCUT2D eigenvalue weighted by Crippen LogP contribution is 2.35. The number of hydrogen-bond acceptors (Lipinski definition) is 5. The van der Waals surface area contributed by atoms with Gasteiger partial charge >= 0.3 is 0 Å². The number of methoxy groups -OCH3 is 2. The Morgan fingerprint density at radius 1 is 1.26 bits per heavy atom. The first-order valence-electron chi connectivity index (χ1n) is 7.39. The Balaban J connectivity index is 2.49. The van der Waals surface area contributed by atoms with E-state index in [1.54, 1.807) is 14.2 Å². The van der Waals surface area contributed by atoms with Crippen molar-refractivity contribution < 1.29 is 17.9 Å². The van der Waals surface area contributed by atoms with Gasteiger partial charge in [0.2, 0.25) is 10.0 Å². The molecule has 0 atom stereocenters. The quantitative estimate of drug-likeness (QED) is 0.644. The summed E-state index contributed by atoms with van der Waals surface area (Å²) >= 11 is 6.16. The zero-order valence-electron chi connectivity index (χ0n) is 14.1. The van der Waals surface area contributed by atoms with Crippen molar-refractivity contribution in [3.05, 3.63) is 22.7 Å². The van der Waals surface area contributed by atoms with Gasteiger partial charge in [0.25, 0.3) is 0 Å². The van der Waals surface area contributed by atoms with E-state index in [0.717, 1.165) is 12.0 Å². The molecule has 0 spiro atoms. The first kappa shape index (κ1) is 20.0. The van der Waals surface area contributed by atoms with Gasteiger partial charge in [-0.3, -0.25) is 0 Å². The van der Waals surface area contributed by atoms with Crippen LogP contribution in [0.4, 0.5) is 0 Å². The summed E-state index contributed by atoms with van der Waals surface area (Å²) in [5, 5.41) is 3.77. The van der Waals surface area contributed by atoms with Crippen molar-refractivity contribution in [1.29, 1.82) is 0 Å². The summed E-state index contributed by atoms with van der Waals surface area (Å²) in [4.78, 5) is 0. The maximum Gasteiger partial charge on any atom is 0.211 e. The van der Waals surface area contributed by atoms with E-state index in [1.807, 2.05) is 19.1 Å². The number of sulfonamides is 1. The predicted molar refractivity (Wildman–Crippen MR) is 93.0 cm³/mol. The first-order valence-corrected chi connectivity index (χ1v) is 9.62. The predicted octanol–water partition coefficient (Wildman–Crippen LogP) is 2.12. The fourth-order valence-corrected chi connectivity index (χ4v) is 3.49. The summed E-state index contributed by atoms with van der Waals surface area (Å²) < 4.78 is 34.9. The van der Waals surface area contributed by atoms with Crippen molar-refractivity contribution in [3.63, 3.8) is 0 Å². The number of benzene rings is 1. The maximum atomic E-state index is 11.5. The van der Waals surface area contributed by atoms with Gasteiger partial charge in [-0.2, -0.15) is 0 Å². The normalized spacial score (nSPS) is 11.7. The average molecular weight is 365 g/mol. The van der Waals surface area contributed by atoms with Gasteiger partial charge in [0, 0.05) is 19.6 Å². The Morgan fingerprint density at radius 2 is 1.96 bits per heavy atom. The third kappa shape index (κ3) is 6.18. The minimum absolute atomic E-state index is 0.490. The molecule has 0 amide bonds. The van der Waals surface area contributed by atoms with E-state index < -0.39 is 10.0 Å². The Kier molecular flexibility index (Phi) is 8.11. The van der Waals surface area contributed by atoms with Gasteiger partial charge in [-0.1, -0.05) is 18.5 Å². The molecule has 0 radical (unpaired) electrons. The third-order valence-corrected chi connectivity index (χ3v) is 5.06. The molecule has 0 bridgehead atoms. The molecular weight excluding hydrogens is 340 g/mol. The van der Waals surface area contributed by atoms with Crippen LogP contribution in [0.1, 0.15) is 18.9 Å². The molecule has 6 nitrogen and oxygen atoms in total. The lowest BCUT2D eigenvalue weighted by Gasteiger charge is -2.17. The van der Waals surface area contributed by atoms with Crippen LogP contribution in [0.25, 0.3) is 0 Å². The van der Waals surface area contributed by atoms with Gasteiger partial charge in [-0.15, -0.1) is 0 Å². The molecule has 1 aromatic rings. The van der Waals surface area contributed by atoms with Crippen molar-refractivity contribution >= 4 is 21.6 Å². The molecule has 23 heavy (non-hydrogen) atoms. The first-order chi connectivity index (χ1) is 10.8. The lowest BCUT2D eigenvalue weighted by Crippen LogP contribution is -2.32. The number of hydrogen-bond donors (Lipinski definition) is 1. The fraction of sp³-hybridized carbons (Fsp3) is 0.600. The lowest BCUT2D eigenvalue weighted by atomic mass is 10.2. The topological polar surface area (TPSA) is 67.9 Å². The Bertz CT molecular complexity index is 608. The summed E-state index contributed by atoms with van der Waals surface area (Å²) in [7, 11) is -0.00902. The smallest absolute Gasteiger partial charge is 0.211 e. The zero-order valence-corrected chi connectivity index (χ0v) is 15.6. The van der Waals surface area contributed by atoms with Gasteiger partial charge in [0.05, 0.1) is 25.5 Å². The SMILES string of the molecule is CCN(CCCNCc1cc(Cl)c(OC)c(OC)c1)S(C)(=O)=O. The van der Waals surface area contributed by atoms with Crippen LogP contribution in [-0.4, -0.2) is 52.8 Å². The van der Waals surface area contributed by atoms with E-state index in [1.165, 1.54) is 10.6 Å². The highest BCUT2D eigenvalue weighted by Gasteiger charge is 2.13. The molecule has 0 aliphatic carbocycles.